The summed E-state index contributed by atoms with van der Waals surface area (Å²) in [5, 5.41) is 9.52. The fraction of sp³-hybridized carbons (Fsp3) is 0.114. The summed E-state index contributed by atoms with van der Waals surface area (Å²) in [6.45, 7) is 6.67. The van der Waals surface area contributed by atoms with Crippen LogP contribution in [0.2, 0.25) is 0 Å². The van der Waals surface area contributed by atoms with Gasteiger partial charge in [-0.25, -0.2) is 4.98 Å². The normalized spacial score (nSPS) is 13.6. The van der Waals surface area contributed by atoms with Gasteiger partial charge in [-0.3, -0.25) is 0 Å². The van der Waals surface area contributed by atoms with Crippen LogP contribution in [-0.4, -0.2) is 15.2 Å². The van der Waals surface area contributed by atoms with E-state index < -0.39 is 5.41 Å². The van der Waals surface area contributed by atoms with E-state index in [0.29, 0.717) is 5.82 Å². The Labute approximate surface area is 280 Å². The SMILES string of the molecule is CC(C)(C)c1ccc(-c2nnc(-c3ccccc3)c(-c3ccc4c(c3)C3(c5ccccc5Oc5ccccc53)c3ccccc3-4)n2)cc1. The molecule has 1 spiro atoms. The molecule has 0 fully saturated rings. The Hall–Kier alpha value is -5.87. The number of rotatable bonds is 3. The van der Waals surface area contributed by atoms with E-state index in [9.17, 15) is 0 Å². The van der Waals surface area contributed by atoms with Crippen LogP contribution >= 0.6 is 0 Å². The number of fused-ring (bicyclic) bond motifs is 9. The van der Waals surface area contributed by atoms with Gasteiger partial charge >= 0.3 is 0 Å². The first-order valence-electron chi connectivity index (χ1n) is 16.5. The molecule has 0 atom stereocenters. The summed E-state index contributed by atoms with van der Waals surface area (Å²) in [5.41, 5.74) is 12.4. The summed E-state index contributed by atoms with van der Waals surface area (Å²) in [7, 11) is 0. The van der Waals surface area contributed by atoms with E-state index >= 15 is 0 Å². The Bertz CT molecular complexity index is 2310. The second-order valence-corrected chi connectivity index (χ2v) is 13.7. The number of ether oxygens (including phenoxy) is 1. The topological polar surface area (TPSA) is 47.9 Å². The van der Waals surface area contributed by atoms with Gasteiger partial charge in [0.1, 0.15) is 22.9 Å². The van der Waals surface area contributed by atoms with Gasteiger partial charge in [0.15, 0.2) is 5.82 Å². The summed E-state index contributed by atoms with van der Waals surface area (Å²) < 4.78 is 6.55. The maximum Gasteiger partial charge on any atom is 0.182 e. The Balaban J connectivity index is 1.31. The second-order valence-electron chi connectivity index (χ2n) is 13.7. The summed E-state index contributed by atoms with van der Waals surface area (Å²) in [6, 6.07) is 51.2. The van der Waals surface area contributed by atoms with Crippen molar-refractivity contribution < 1.29 is 4.74 Å². The molecule has 2 aliphatic rings. The van der Waals surface area contributed by atoms with Crippen LogP contribution in [0.3, 0.4) is 0 Å². The van der Waals surface area contributed by atoms with Crippen molar-refractivity contribution in [3.05, 3.63) is 173 Å². The van der Waals surface area contributed by atoms with Crippen LogP contribution in [0.15, 0.2) is 146 Å². The molecule has 4 nitrogen and oxygen atoms in total. The zero-order chi connectivity index (χ0) is 32.5. The molecule has 0 saturated heterocycles. The van der Waals surface area contributed by atoms with Crippen molar-refractivity contribution in [2.24, 2.45) is 0 Å². The van der Waals surface area contributed by atoms with Gasteiger partial charge in [0, 0.05) is 27.8 Å². The highest BCUT2D eigenvalue weighted by Crippen LogP contribution is 2.62. The predicted molar refractivity (Wildman–Crippen MR) is 192 cm³/mol. The van der Waals surface area contributed by atoms with Crippen molar-refractivity contribution in [1.29, 1.82) is 0 Å². The molecule has 4 heteroatoms. The molecular weight excluding hydrogens is 587 g/mol. The van der Waals surface area contributed by atoms with Crippen LogP contribution in [0.4, 0.5) is 0 Å². The number of benzene rings is 6. The number of aromatic nitrogens is 3. The smallest absolute Gasteiger partial charge is 0.182 e. The molecule has 230 valence electrons. The van der Waals surface area contributed by atoms with Gasteiger partial charge in [-0.2, -0.15) is 0 Å². The fourth-order valence-corrected chi connectivity index (χ4v) is 7.56. The number of nitrogens with zero attached hydrogens (tertiary/aromatic N) is 3. The van der Waals surface area contributed by atoms with Crippen LogP contribution in [0.25, 0.3) is 45.0 Å². The number of hydrogen-bond acceptors (Lipinski definition) is 4. The fourth-order valence-electron chi connectivity index (χ4n) is 7.56. The highest BCUT2D eigenvalue weighted by atomic mass is 16.5. The van der Waals surface area contributed by atoms with Crippen LogP contribution in [0, 0.1) is 0 Å². The third-order valence-corrected chi connectivity index (χ3v) is 9.86. The molecule has 0 bridgehead atoms. The first kappa shape index (κ1) is 28.4. The minimum Gasteiger partial charge on any atom is -0.457 e. The summed E-state index contributed by atoms with van der Waals surface area (Å²) in [6.07, 6.45) is 0. The average molecular weight is 620 g/mol. The van der Waals surface area contributed by atoms with E-state index in [1.807, 2.05) is 30.3 Å². The average Bonchev–Trinajstić information content (AvgIpc) is 3.41. The number of hydrogen-bond donors (Lipinski definition) is 0. The maximum atomic E-state index is 6.55. The molecule has 1 aliphatic carbocycles. The molecule has 48 heavy (non-hydrogen) atoms. The van der Waals surface area contributed by atoms with Gasteiger partial charge in [0.05, 0.1) is 5.41 Å². The van der Waals surface area contributed by atoms with Gasteiger partial charge in [0.2, 0.25) is 0 Å². The summed E-state index contributed by atoms with van der Waals surface area (Å²) in [5.74, 6) is 2.35. The van der Waals surface area contributed by atoms with Crippen LogP contribution in [0.5, 0.6) is 11.5 Å². The van der Waals surface area contributed by atoms with Gasteiger partial charge in [-0.05, 0) is 51.4 Å². The van der Waals surface area contributed by atoms with E-state index in [1.165, 1.54) is 27.8 Å². The standard InChI is InChI=1S/C44H33N3O/c1-43(2,3)31-24-21-29(22-25-31)42-45-40(41(46-47-42)28-13-5-4-6-14-28)30-23-26-33-32-15-7-8-16-34(32)44(37(33)27-30)35-17-9-11-19-38(35)48-39-20-12-10-18-36(39)44/h4-27H,1-3H3. The quantitative estimate of drug-likeness (QED) is 0.197. The molecule has 7 aromatic rings. The van der Waals surface area contributed by atoms with Crippen molar-refractivity contribution in [2.45, 2.75) is 31.6 Å². The lowest BCUT2D eigenvalue weighted by molar-refractivity contribution is 0.436. The van der Waals surface area contributed by atoms with E-state index in [4.69, 9.17) is 14.8 Å². The molecule has 0 radical (unpaired) electrons. The van der Waals surface area contributed by atoms with Crippen molar-refractivity contribution in [2.75, 3.05) is 0 Å². The van der Waals surface area contributed by atoms with Gasteiger partial charge < -0.3 is 4.74 Å². The molecule has 9 rings (SSSR count). The second kappa shape index (κ2) is 10.6. The van der Waals surface area contributed by atoms with E-state index in [2.05, 4.69) is 141 Å². The van der Waals surface area contributed by atoms with Crippen molar-refractivity contribution in [1.82, 2.24) is 15.2 Å². The van der Waals surface area contributed by atoms with Crippen molar-refractivity contribution in [3.8, 4) is 56.5 Å². The van der Waals surface area contributed by atoms with E-state index in [-0.39, 0.29) is 5.41 Å². The zero-order valence-corrected chi connectivity index (χ0v) is 27.1. The molecular formula is C44H33N3O. The predicted octanol–water partition coefficient (Wildman–Crippen LogP) is 10.6. The largest absolute Gasteiger partial charge is 0.457 e. The molecule has 1 aromatic heterocycles. The van der Waals surface area contributed by atoms with Crippen LogP contribution in [-0.2, 0) is 10.8 Å². The zero-order valence-electron chi connectivity index (χ0n) is 27.1. The lowest BCUT2D eigenvalue weighted by Crippen LogP contribution is -2.32. The Morgan fingerprint density at radius 3 is 1.75 bits per heavy atom. The van der Waals surface area contributed by atoms with Crippen molar-refractivity contribution >= 4 is 0 Å². The third kappa shape index (κ3) is 4.19. The first-order chi connectivity index (χ1) is 23.4. The van der Waals surface area contributed by atoms with Crippen molar-refractivity contribution in [3.63, 3.8) is 0 Å². The molecule has 0 N–H and O–H groups in total. The highest BCUT2D eigenvalue weighted by molar-refractivity contribution is 5.91. The summed E-state index contributed by atoms with van der Waals surface area (Å²) >= 11 is 0. The van der Waals surface area contributed by atoms with Crippen LogP contribution in [0.1, 0.15) is 48.6 Å². The third-order valence-electron chi connectivity index (χ3n) is 9.86. The first-order valence-corrected chi connectivity index (χ1v) is 16.5. The highest BCUT2D eigenvalue weighted by Gasteiger charge is 2.51. The Morgan fingerprint density at radius 2 is 1.06 bits per heavy atom. The van der Waals surface area contributed by atoms with Gasteiger partial charge in [-0.1, -0.05) is 148 Å². The minimum atomic E-state index is -0.563. The molecule has 0 amide bonds. The molecule has 6 aromatic carbocycles. The van der Waals surface area contributed by atoms with E-state index in [0.717, 1.165) is 50.7 Å². The van der Waals surface area contributed by atoms with Gasteiger partial charge in [-0.15, -0.1) is 10.2 Å². The minimum absolute atomic E-state index is 0.0549. The lowest BCUT2D eigenvalue weighted by atomic mass is 9.66. The molecule has 2 heterocycles. The van der Waals surface area contributed by atoms with Gasteiger partial charge in [0.25, 0.3) is 0 Å². The Kier molecular flexibility index (Phi) is 6.25. The monoisotopic (exact) mass is 619 g/mol. The number of para-hydroxylation sites is 2. The lowest BCUT2D eigenvalue weighted by Gasteiger charge is -2.39. The van der Waals surface area contributed by atoms with Crippen LogP contribution < -0.4 is 4.74 Å². The molecule has 0 saturated carbocycles. The maximum absolute atomic E-state index is 6.55. The molecule has 1 aliphatic heterocycles. The summed E-state index contributed by atoms with van der Waals surface area (Å²) in [4.78, 5) is 5.28. The van der Waals surface area contributed by atoms with E-state index in [1.54, 1.807) is 0 Å². The molecule has 0 unspecified atom stereocenters. The Morgan fingerprint density at radius 1 is 0.479 bits per heavy atom.